The molecule has 0 aliphatic carbocycles. The summed E-state index contributed by atoms with van der Waals surface area (Å²) in [4.78, 5) is 11.4. The Balaban J connectivity index is 1.24. The number of hydrogen-bond donors (Lipinski definition) is 0. The lowest BCUT2D eigenvalue weighted by Gasteiger charge is -2.24. The van der Waals surface area contributed by atoms with Crippen molar-refractivity contribution in [2.24, 2.45) is 5.92 Å². The van der Waals surface area contributed by atoms with Crippen LogP contribution in [0.4, 0.5) is 0 Å². The zero-order valence-corrected chi connectivity index (χ0v) is 18.1. The van der Waals surface area contributed by atoms with Gasteiger partial charge in [0.25, 0.3) is 0 Å². The molecule has 6 heteroatoms. The van der Waals surface area contributed by atoms with E-state index in [1.807, 2.05) is 41.1 Å². The Morgan fingerprint density at radius 3 is 2.84 bits per heavy atom. The molecule has 1 atom stereocenters. The van der Waals surface area contributed by atoms with E-state index in [1.165, 1.54) is 11.1 Å². The van der Waals surface area contributed by atoms with Crippen LogP contribution in [-0.2, 0) is 24.3 Å². The summed E-state index contributed by atoms with van der Waals surface area (Å²) in [6, 6.07) is 18.6. The average Bonchev–Trinajstić information content (AvgIpc) is 3.19. The van der Waals surface area contributed by atoms with E-state index in [-0.39, 0.29) is 0 Å². The maximum atomic E-state index is 6.18. The molecular formula is C26H28N4O2. The highest BCUT2D eigenvalue weighted by molar-refractivity contribution is 5.35. The second-order valence-corrected chi connectivity index (χ2v) is 8.33. The van der Waals surface area contributed by atoms with Crippen molar-refractivity contribution < 1.29 is 9.47 Å². The molecule has 0 radical (unpaired) electrons. The number of nitrogens with zero attached hydrogens (tertiary/aromatic N) is 4. The molecule has 1 aliphatic heterocycles. The van der Waals surface area contributed by atoms with Gasteiger partial charge in [-0.1, -0.05) is 48.5 Å². The second-order valence-electron chi connectivity index (χ2n) is 8.33. The first-order valence-electron chi connectivity index (χ1n) is 11.2. The van der Waals surface area contributed by atoms with Gasteiger partial charge in [0.2, 0.25) is 0 Å². The minimum Gasteiger partial charge on any atom is -0.489 e. The molecule has 1 aliphatic rings. The van der Waals surface area contributed by atoms with Crippen LogP contribution >= 0.6 is 0 Å². The summed E-state index contributed by atoms with van der Waals surface area (Å²) in [5, 5.41) is 0. The summed E-state index contributed by atoms with van der Waals surface area (Å²) < 4.78 is 14.1. The third-order valence-corrected chi connectivity index (χ3v) is 5.86. The standard InChI is InChI=1S/C26H28N4O2/c1-2-6-21(7-3-1)20-32-25-9-5-4-8-23(25)17-29-12-13-31-19-22(16-29)14-24-18-30-11-10-27-26(30)15-28-24/h1-11,15,18,22H,12-14,16-17,19-20H2/t22-/m0/s1. The molecule has 3 heterocycles. The first kappa shape index (κ1) is 20.7. The third-order valence-electron chi connectivity index (χ3n) is 5.86. The molecule has 0 saturated carbocycles. The van der Waals surface area contributed by atoms with Gasteiger partial charge >= 0.3 is 0 Å². The fourth-order valence-corrected chi connectivity index (χ4v) is 4.24. The van der Waals surface area contributed by atoms with Gasteiger partial charge in [-0.15, -0.1) is 0 Å². The van der Waals surface area contributed by atoms with Gasteiger partial charge in [0.05, 0.1) is 25.1 Å². The monoisotopic (exact) mass is 428 g/mol. The van der Waals surface area contributed by atoms with Crippen molar-refractivity contribution in [1.82, 2.24) is 19.3 Å². The van der Waals surface area contributed by atoms with E-state index in [0.717, 1.165) is 56.4 Å². The Morgan fingerprint density at radius 1 is 1.03 bits per heavy atom. The normalized spacial score (nSPS) is 17.3. The van der Waals surface area contributed by atoms with Crippen molar-refractivity contribution in [2.45, 2.75) is 19.6 Å². The van der Waals surface area contributed by atoms with E-state index in [0.29, 0.717) is 12.5 Å². The minimum atomic E-state index is 0.392. The Morgan fingerprint density at radius 2 is 1.91 bits per heavy atom. The Bertz CT molecular complexity index is 1140. The van der Waals surface area contributed by atoms with Gasteiger partial charge in [0.15, 0.2) is 5.65 Å². The number of fused-ring (bicyclic) bond motifs is 1. The largest absolute Gasteiger partial charge is 0.489 e. The fraction of sp³-hybridized carbons (Fsp3) is 0.308. The van der Waals surface area contributed by atoms with Crippen LogP contribution in [0.3, 0.4) is 0 Å². The molecule has 1 fully saturated rings. The van der Waals surface area contributed by atoms with Crippen molar-refractivity contribution in [3.8, 4) is 5.75 Å². The third kappa shape index (κ3) is 5.15. The minimum absolute atomic E-state index is 0.392. The highest BCUT2D eigenvalue weighted by Crippen LogP contribution is 2.23. The predicted octanol–water partition coefficient (Wildman–Crippen LogP) is 4.00. The molecule has 0 N–H and O–H groups in total. The maximum absolute atomic E-state index is 6.18. The molecule has 2 aromatic carbocycles. The molecular weight excluding hydrogens is 400 g/mol. The number of benzene rings is 2. The lowest BCUT2D eigenvalue weighted by Crippen LogP contribution is -2.30. The highest BCUT2D eigenvalue weighted by atomic mass is 16.5. The lowest BCUT2D eigenvalue weighted by atomic mass is 10.0. The van der Waals surface area contributed by atoms with E-state index < -0.39 is 0 Å². The number of ether oxygens (including phenoxy) is 2. The van der Waals surface area contributed by atoms with Gasteiger partial charge in [-0.25, -0.2) is 4.98 Å². The Labute approximate surface area is 188 Å². The number of para-hydroxylation sites is 1. The maximum Gasteiger partial charge on any atom is 0.155 e. The molecule has 4 aromatic rings. The molecule has 2 aromatic heterocycles. The van der Waals surface area contributed by atoms with Crippen LogP contribution in [0.2, 0.25) is 0 Å². The summed E-state index contributed by atoms with van der Waals surface area (Å²) >= 11 is 0. The lowest BCUT2D eigenvalue weighted by molar-refractivity contribution is 0.121. The molecule has 164 valence electrons. The first-order chi connectivity index (χ1) is 15.8. The SMILES string of the molecule is c1ccc(COc2ccccc2CN2CCOC[C@@H](Cc3cn4ccnc4cn3)C2)cc1. The summed E-state index contributed by atoms with van der Waals surface area (Å²) in [5.74, 6) is 1.34. The van der Waals surface area contributed by atoms with E-state index >= 15 is 0 Å². The fourth-order valence-electron chi connectivity index (χ4n) is 4.24. The summed E-state index contributed by atoms with van der Waals surface area (Å²) in [6.07, 6.45) is 8.56. The van der Waals surface area contributed by atoms with Crippen LogP contribution in [0, 0.1) is 5.92 Å². The molecule has 0 bridgehead atoms. The number of imidazole rings is 1. The molecule has 0 unspecified atom stereocenters. The topological polar surface area (TPSA) is 51.9 Å². The zero-order chi connectivity index (χ0) is 21.6. The Kier molecular flexibility index (Phi) is 6.42. The highest BCUT2D eigenvalue weighted by Gasteiger charge is 2.21. The Hall–Kier alpha value is -3.22. The summed E-state index contributed by atoms with van der Waals surface area (Å²) in [7, 11) is 0. The smallest absolute Gasteiger partial charge is 0.155 e. The van der Waals surface area contributed by atoms with Gasteiger partial charge < -0.3 is 13.9 Å². The van der Waals surface area contributed by atoms with Crippen LogP contribution in [0.25, 0.3) is 5.65 Å². The van der Waals surface area contributed by atoms with Crippen LogP contribution < -0.4 is 4.74 Å². The van der Waals surface area contributed by atoms with Gasteiger partial charge in [0, 0.05) is 49.7 Å². The van der Waals surface area contributed by atoms with Gasteiger partial charge in [-0.3, -0.25) is 9.88 Å². The molecule has 1 saturated heterocycles. The van der Waals surface area contributed by atoms with E-state index in [2.05, 4.69) is 51.4 Å². The van der Waals surface area contributed by atoms with Crippen LogP contribution in [0.1, 0.15) is 16.8 Å². The second kappa shape index (κ2) is 9.94. The average molecular weight is 429 g/mol. The first-order valence-corrected chi connectivity index (χ1v) is 11.2. The molecule has 0 amide bonds. The van der Waals surface area contributed by atoms with E-state index in [4.69, 9.17) is 9.47 Å². The molecule has 0 spiro atoms. The van der Waals surface area contributed by atoms with Crippen LogP contribution in [-0.4, -0.2) is 45.6 Å². The van der Waals surface area contributed by atoms with Crippen LogP contribution in [0.15, 0.2) is 79.4 Å². The van der Waals surface area contributed by atoms with E-state index in [9.17, 15) is 0 Å². The molecule has 6 nitrogen and oxygen atoms in total. The quantitative estimate of drug-likeness (QED) is 0.445. The number of rotatable bonds is 7. The zero-order valence-electron chi connectivity index (χ0n) is 18.1. The van der Waals surface area contributed by atoms with Gasteiger partial charge in [0.1, 0.15) is 12.4 Å². The van der Waals surface area contributed by atoms with E-state index in [1.54, 1.807) is 6.20 Å². The van der Waals surface area contributed by atoms with Crippen molar-refractivity contribution >= 4 is 5.65 Å². The number of aromatic nitrogens is 3. The predicted molar refractivity (Wildman–Crippen MR) is 123 cm³/mol. The van der Waals surface area contributed by atoms with Gasteiger partial charge in [-0.2, -0.15) is 0 Å². The van der Waals surface area contributed by atoms with Crippen LogP contribution in [0.5, 0.6) is 5.75 Å². The van der Waals surface area contributed by atoms with Gasteiger partial charge in [-0.05, 0) is 18.1 Å². The van der Waals surface area contributed by atoms with Crippen molar-refractivity contribution in [3.05, 3.63) is 96.2 Å². The molecule has 5 rings (SSSR count). The van der Waals surface area contributed by atoms with Crippen molar-refractivity contribution in [3.63, 3.8) is 0 Å². The molecule has 32 heavy (non-hydrogen) atoms. The van der Waals surface area contributed by atoms with Crippen molar-refractivity contribution in [1.29, 1.82) is 0 Å². The number of hydrogen-bond acceptors (Lipinski definition) is 5. The van der Waals surface area contributed by atoms with Crippen molar-refractivity contribution in [2.75, 3.05) is 26.3 Å². The summed E-state index contributed by atoms with van der Waals surface area (Å²) in [5.41, 5.74) is 4.33. The summed E-state index contributed by atoms with van der Waals surface area (Å²) in [6.45, 7) is 4.81.